The molecule has 0 saturated heterocycles. The molecule has 5 nitrogen and oxygen atoms in total. The van der Waals surface area contributed by atoms with Crippen LogP contribution in [-0.4, -0.2) is 10.2 Å². The Kier molecular flexibility index (Phi) is 3.62. The molecule has 0 saturated carbocycles. The van der Waals surface area contributed by atoms with Crippen LogP contribution in [0.5, 0.6) is 5.75 Å². The molecule has 1 heterocycles. The molecule has 2 N–H and O–H groups in total. The normalized spacial score (nSPS) is 10.7. The van der Waals surface area contributed by atoms with Gasteiger partial charge in [-0.2, -0.15) is 0 Å². The van der Waals surface area contributed by atoms with Gasteiger partial charge in [0.15, 0.2) is 0 Å². The van der Waals surface area contributed by atoms with Crippen molar-refractivity contribution in [3.63, 3.8) is 0 Å². The lowest BCUT2D eigenvalue weighted by Gasteiger charge is -2.07. The van der Waals surface area contributed by atoms with Gasteiger partial charge in [-0.25, -0.2) is 0 Å². The molecule has 6 heteroatoms. The second-order valence-electron chi connectivity index (χ2n) is 4.53. The van der Waals surface area contributed by atoms with Gasteiger partial charge in [0.1, 0.15) is 12.4 Å². The Labute approximate surface area is 127 Å². The van der Waals surface area contributed by atoms with E-state index in [0.717, 1.165) is 10.0 Å². The molecule has 3 aromatic rings. The minimum absolute atomic E-state index is 0.311. The Morgan fingerprint density at radius 1 is 0.952 bits per heavy atom. The van der Waals surface area contributed by atoms with Gasteiger partial charge in [-0.05, 0) is 35.9 Å². The van der Waals surface area contributed by atoms with E-state index in [1.54, 1.807) is 18.2 Å². The fourth-order valence-corrected chi connectivity index (χ4v) is 2.49. The van der Waals surface area contributed by atoms with Crippen LogP contribution in [0.1, 0.15) is 5.56 Å². The first-order chi connectivity index (χ1) is 10.1. The highest BCUT2D eigenvalue weighted by Crippen LogP contribution is 2.18. The number of aromatic nitrogens is 2. The van der Waals surface area contributed by atoms with Gasteiger partial charge >= 0.3 is 0 Å². The maximum atomic E-state index is 11.7. The molecule has 0 atom stereocenters. The minimum Gasteiger partial charge on any atom is -0.489 e. The number of aromatic amines is 2. The predicted octanol–water partition coefficient (Wildman–Crippen LogP) is 2.56. The smallest absolute Gasteiger partial charge is 0.270 e. The molecule has 0 aliphatic carbocycles. The van der Waals surface area contributed by atoms with Gasteiger partial charge < -0.3 is 4.74 Å². The van der Waals surface area contributed by atoms with Crippen LogP contribution in [0.15, 0.2) is 56.5 Å². The molecular formula is C15H11BrN2O3. The lowest BCUT2D eigenvalue weighted by atomic mass is 10.2. The third kappa shape index (κ3) is 2.90. The number of hydrogen-bond donors (Lipinski definition) is 2. The zero-order valence-corrected chi connectivity index (χ0v) is 12.4. The van der Waals surface area contributed by atoms with Crippen LogP contribution in [-0.2, 0) is 6.61 Å². The van der Waals surface area contributed by atoms with Crippen molar-refractivity contribution in [2.75, 3.05) is 0 Å². The molecule has 0 spiro atoms. The second kappa shape index (κ2) is 5.57. The third-order valence-electron chi connectivity index (χ3n) is 3.06. The fraction of sp³-hybridized carbons (Fsp3) is 0.0667. The Bertz CT molecular complexity index is 914. The molecule has 2 aromatic carbocycles. The first kappa shape index (κ1) is 13.6. The lowest BCUT2D eigenvalue weighted by molar-refractivity contribution is 0.306. The Morgan fingerprint density at radius 3 is 2.48 bits per heavy atom. The van der Waals surface area contributed by atoms with Crippen molar-refractivity contribution in [3.05, 3.63) is 73.2 Å². The highest BCUT2D eigenvalue weighted by atomic mass is 79.9. The van der Waals surface area contributed by atoms with Crippen LogP contribution in [0.4, 0.5) is 0 Å². The van der Waals surface area contributed by atoms with Crippen LogP contribution in [0, 0.1) is 0 Å². The lowest BCUT2D eigenvalue weighted by Crippen LogP contribution is -2.18. The summed E-state index contributed by atoms with van der Waals surface area (Å²) in [5.41, 5.74) is 0.324. The van der Waals surface area contributed by atoms with Gasteiger partial charge in [-0.1, -0.05) is 28.1 Å². The Hall–Kier alpha value is -2.34. The second-order valence-corrected chi connectivity index (χ2v) is 5.45. The molecule has 21 heavy (non-hydrogen) atoms. The third-order valence-corrected chi connectivity index (χ3v) is 3.56. The van der Waals surface area contributed by atoms with Crippen LogP contribution < -0.4 is 15.9 Å². The standard InChI is InChI=1S/C15H11BrN2O3/c16-10-3-1-2-9(6-10)8-21-11-4-5-12-13(7-11)15(20)18-17-14(12)19/h1-7H,8H2,(H,17,19)(H,18,20). The molecule has 106 valence electrons. The van der Waals surface area contributed by atoms with Gasteiger partial charge in [0.2, 0.25) is 0 Å². The predicted molar refractivity (Wildman–Crippen MR) is 83.7 cm³/mol. The Morgan fingerprint density at radius 2 is 1.71 bits per heavy atom. The quantitative estimate of drug-likeness (QED) is 0.765. The summed E-state index contributed by atoms with van der Waals surface area (Å²) >= 11 is 3.40. The zero-order valence-electron chi connectivity index (χ0n) is 10.9. The minimum atomic E-state index is -0.350. The van der Waals surface area contributed by atoms with Crippen LogP contribution in [0.3, 0.4) is 0 Å². The number of benzene rings is 2. The number of rotatable bonds is 3. The molecule has 0 aliphatic heterocycles. The Balaban J connectivity index is 1.90. The first-order valence-electron chi connectivity index (χ1n) is 6.25. The average Bonchev–Trinajstić information content (AvgIpc) is 2.49. The van der Waals surface area contributed by atoms with Crippen molar-refractivity contribution < 1.29 is 4.74 Å². The van der Waals surface area contributed by atoms with Crippen molar-refractivity contribution in [2.24, 2.45) is 0 Å². The van der Waals surface area contributed by atoms with Gasteiger partial charge in [0.05, 0.1) is 10.8 Å². The summed E-state index contributed by atoms with van der Waals surface area (Å²) in [6, 6.07) is 12.6. The summed E-state index contributed by atoms with van der Waals surface area (Å²) in [4.78, 5) is 23.3. The number of nitrogens with one attached hydrogen (secondary N) is 2. The number of H-pyrrole nitrogens is 2. The average molecular weight is 347 g/mol. The molecule has 0 radical (unpaired) electrons. The van der Waals surface area contributed by atoms with Crippen molar-refractivity contribution in [2.45, 2.75) is 6.61 Å². The van der Waals surface area contributed by atoms with E-state index in [2.05, 4.69) is 26.1 Å². The molecular weight excluding hydrogens is 336 g/mol. The SMILES string of the molecule is O=c1[nH][nH]c(=O)c2cc(OCc3cccc(Br)c3)ccc12. The van der Waals surface area contributed by atoms with E-state index in [4.69, 9.17) is 4.74 Å². The summed E-state index contributed by atoms with van der Waals surface area (Å²) in [6.45, 7) is 0.381. The molecule has 0 unspecified atom stereocenters. The van der Waals surface area contributed by atoms with E-state index >= 15 is 0 Å². The summed E-state index contributed by atoms with van der Waals surface area (Å²) in [5, 5.41) is 5.24. The van der Waals surface area contributed by atoms with Gasteiger partial charge in [-0.15, -0.1) is 0 Å². The van der Waals surface area contributed by atoms with Gasteiger partial charge in [-0.3, -0.25) is 19.8 Å². The molecule has 0 bridgehead atoms. The van der Waals surface area contributed by atoms with Crippen molar-refractivity contribution in [3.8, 4) is 5.75 Å². The maximum absolute atomic E-state index is 11.7. The highest BCUT2D eigenvalue weighted by Gasteiger charge is 2.05. The van der Waals surface area contributed by atoms with Crippen molar-refractivity contribution in [1.82, 2.24) is 10.2 Å². The topological polar surface area (TPSA) is 75.0 Å². The van der Waals surface area contributed by atoms with E-state index in [1.807, 2.05) is 24.3 Å². The number of fused-ring (bicyclic) bond motifs is 1. The van der Waals surface area contributed by atoms with Gasteiger partial charge in [0, 0.05) is 4.47 Å². The molecule has 3 rings (SSSR count). The van der Waals surface area contributed by atoms with E-state index in [0.29, 0.717) is 23.1 Å². The molecule has 0 fully saturated rings. The summed E-state index contributed by atoms with van der Waals surface area (Å²) < 4.78 is 6.64. The van der Waals surface area contributed by atoms with E-state index in [9.17, 15) is 9.59 Å². The van der Waals surface area contributed by atoms with E-state index in [-0.39, 0.29) is 11.1 Å². The number of hydrogen-bond acceptors (Lipinski definition) is 3. The fourth-order valence-electron chi connectivity index (χ4n) is 2.04. The van der Waals surface area contributed by atoms with E-state index in [1.165, 1.54) is 0 Å². The van der Waals surface area contributed by atoms with Crippen LogP contribution >= 0.6 is 15.9 Å². The highest BCUT2D eigenvalue weighted by molar-refractivity contribution is 9.10. The van der Waals surface area contributed by atoms with Gasteiger partial charge in [0.25, 0.3) is 11.1 Å². The molecule has 1 aromatic heterocycles. The van der Waals surface area contributed by atoms with Crippen LogP contribution in [0.2, 0.25) is 0 Å². The van der Waals surface area contributed by atoms with E-state index < -0.39 is 0 Å². The maximum Gasteiger partial charge on any atom is 0.270 e. The zero-order chi connectivity index (χ0) is 14.8. The monoisotopic (exact) mass is 346 g/mol. The van der Waals surface area contributed by atoms with Crippen LogP contribution in [0.25, 0.3) is 10.8 Å². The van der Waals surface area contributed by atoms with Crippen molar-refractivity contribution in [1.29, 1.82) is 0 Å². The first-order valence-corrected chi connectivity index (χ1v) is 7.05. The van der Waals surface area contributed by atoms with Crippen molar-refractivity contribution >= 4 is 26.7 Å². The summed E-state index contributed by atoms with van der Waals surface area (Å²) in [7, 11) is 0. The summed E-state index contributed by atoms with van der Waals surface area (Å²) in [5.74, 6) is 0.540. The largest absolute Gasteiger partial charge is 0.489 e. The number of halogens is 1. The number of ether oxygens (including phenoxy) is 1. The molecule has 0 aliphatic rings. The summed E-state index contributed by atoms with van der Waals surface area (Å²) in [6.07, 6.45) is 0. The molecule has 0 amide bonds.